The van der Waals surface area contributed by atoms with Crippen LogP contribution in [-0.4, -0.2) is 25.8 Å². The molecule has 0 radical (unpaired) electrons. The molecule has 0 amide bonds. The van der Waals surface area contributed by atoms with Gasteiger partial charge in [-0.05, 0) is 83.3 Å². The van der Waals surface area contributed by atoms with Gasteiger partial charge in [0.2, 0.25) is 11.9 Å². The van der Waals surface area contributed by atoms with Crippen molar-refractivity contribution in [1.82, 2.24) is 14.1 Å². The average Bonchev–Trinajstić information content (AvgIpc) is 4.08. The Morgan fingerprint density at radius 2 is 1.06 bits per heavy atom. The Bertz CT molecular complexity index is 3880. The molecule has 0 aliphatic rings. The molecule has 312 valence electrons. The number of benzene rings is 9. The molecule has 6 heteroatoms. The van der Waals surface area contributed by atoms with Crippen molar-refractivity contribution in [1.29, 1.82) is 0 Å². The molecule has 12 rings (SSSR count). The summed E-state index contributed by atoms with van der Waals surface area (Å²) >= 11 is 0. The van der Waals surface area contributed by atoms with E-state index < -0.39 is 0 Å². The first-order valence-corrected chi connectivity index (χ1v) is 22.1. The standard InChI is InChI=1S/C60H41N5O/c1-39(41-20-7-3-8-21-41)61-60(62-40(2)42-22-9-4-10-23-42)65-55-33-18-16-29-50(55)52-35-34-51-49-28-15-17-32-54(49)64(56(51)57(52)65)47-37-45(43-24-11-5-12-25-43)36-46(38-47)48-30-19-31-53-58(48)66-59(63-53)44-26-13-6-14-27-44/h3-38H,1H2,2H3/b61-60+,62-40+. The van der Waals surface area contributed by atoms with Gasteiger partial charge >= 0.3 is 0 Å². The van der Waals surface area contributed by atoms with Gasteiger partial charge in [0.15, 0.2) is 5.58 Å². The molecule has 12 aromatic rings. The van der Waals surface area contributed by atoms with Crippen LogP contribution in [0.2, 0.25) is 0 Å². The molecule has 0 atom stereocenters. The number of hydrogen-bond acceptors (Lipinski definition) is 3. The number of aromatic nitrogens is 3. The first-order valence-electron chi connectivity index (χ1n) is 22.1. The zero-order valence-corrected chi connectivity index (χ0v) is 36.1. The van der Waals surface area contributed by atoms with Crippen LogP contribution in [0.1, 0.15) is 18.1 Å². The highest BCUT2D eigenvalue weighted by atomic mass is 16.3. The van der Waals surface area contributed by atoms with Gasteiger partial charge in [-0.2, -0.15) is 0 Å². The number of aliphatic imine (C=N–C) groups is 2. The highest BCUT2D eigenvalue weighted by Crippen LogP contribution is 2.43. The maximum absolute atomic E-state index is 6.66. The average molecular weight is 848 g/mol. The molecule has 6 nitrogen and oxygen atoms in total. The fourth-order valence-electron chi connectivity index (χ4n) is 9.38. The van der Waals surface area contributed by atoms with Gasteiger partial charge in [0, 0.05) is 44.1 Å². The van der Waals surface area contributed by atoms with E-state index in [9.17, 15) is 0 Å². The number of rotatable bonds is 7. The van der Waals surface area contributed by atoms with Crippen LogP contribution >= 0.6 is 0 Å². The third-order valence-electron chi connectivity index (χ3n) is 12.5. The van der Waals surface area contributed by atoms with Gasteiger partial charge in [0.25, 0.3) is 0 Å². The maximum Gasteiger partial charge on any atom is 0.235 e. The van der Waals surface area contributed by atoms with Gasteiger partial charge < -0.3 is 8.98 Å². The van der Waals surface area contributed by atoms with Crippen LogP contribution in [-0.2, 0) is 0 Å². The van der Waals surface area contributed by atoms with Crippen molar-refractivity contribution in [3.05, 3.63) is 236 Å². The molecule has 0 fully saturated rings. The Hall–Kier alpha value is -8.87. The van der Waals surface area contributed by atoms with Crippen LogP contribution in [0.5, 0.6) is 0 Å². The first kappa shape index (κ1) is 38.8. The number of fused-ring (bicyclic) bond motifs is 8. The molecule has 0 saturated heterocycles. The van der Waals surface area contributed by atoms with Gasteiger partial charge in [-0.15, -0.1) is 0 Å². The predicted octanol–water partition coefficient (Wildman–Crippen LogP) is 15.4. The normalized spacial score (nSPS) is 12.3. The summed E-state index contributed by atoms with van der Waals surface area (Å²) in [5.74, 6) is 1.11. The summed E-state index contributed by atoms with van der Waals surface area (Å²) in [5.41, 5.74) is 15.1. The molecule has 0 saturated carbocycles. The minimum Gasteiger partial charge on any atom is -0.435 e. The second-order valence-corrected chi connectivity index (χ2v) is 16.5. The zero-order chi connectivity index (χ0) is 44.1. The zero-order valence-electron chi connectivity index (χ0n) is 36.1. The summed E-state index contributed by atoms with van der Waals surface area (Å²) < 4.78 is 11.3. The van der Waals surface area contributed by atoms with E-state index in [-0.39, 0.29) is 0 Å². The monoisotopic (exact) mass is 847 g/mol. The minimum atomic E-state index is 0.519. The van der Waals surface area contributed by atoms with Crippen LogP contribution in [0.25, 0.3) is 99.8 Å². The summed E-state index contributed by atoms with van der Waals surface area (Å²) in [6.07, 6.45) is 0. The molecule has 3 heterocycles. The molecule has 66 heavy (non-hydrogen) atoms. The van der Waals surface area contributed by atoms with Crippen molar-refractivity contribution >= 4 is 72.1 Å². The van der Waals surface area contributed by atoms with Gasteiger partial charge in [0.1, 0.15) is 5.52 Å². The SMILES string of the molecule is C=C(/N=C(\N=C(/C)c1ccccc1)n1c2ccccc2c2ccc3c4ccccc4n(-c4cc(-c5ccccc5)cc(-c5cccc6nc(-c7ccccc7)oc56)c4)c3c21)c1ccccc1. The molecular formula is C60H41N5O. The van der Waals surface area contributed by atoms with E-state index in [1.807, 2.05) is 91.9 Å². The predicted molar refractivity (Wildman–Crippen MR) is 275 cm³/mol. The second-order valence-electron chi connectivity index (χ2n) is 16.5. The quantitative estimate of drug-likeness (QED) is 0.118. The maximum atomic E-state index is 6.66. The van der Waals surface area contributed by atoms with Crippen LogP contribution in [0.4, 0.5) is 0 Å². The molecule has 3 aromatic heterocycles. The first-order chi connectivity index (χ1) is 32.6. The van der Waals surface area contributed by atoms with E-state index >= 15 is 0 Å². The topological polar surface area (TPSA) is 60.6 Å². The summed E-state index contributed by atoms with van der Waals surface area (Å²) in [6, 6.07) is 75.9. The van der Waals surface area contributed by atoms with Crippen LogP contribution in [0.15, 0.2) is 239 Å². The van der Waals surface area contributed by atoms with Crippen molar-refractivity contribution in [2.24, 2.45) is 9.98 Å². The Morgan fingerprint density at radius 3 is 1.77 bits per heavy atom. The fourth-order valence-corrected chi connectivity index (χ4v) is 9.38. The van der Waals surface area contributed by atoms with Crippen molar-refractivity contribution in [2.45, 2.75) is 6.92 Å². The van der Waals surface area contributed by atoms with Crippen LogP contribution < -0.4 is 0 Å². The fraction of sp³-hybridized carbons (Fsp3) is 0.0167. The molecule has 0 aliphatic heterocycles. The number of nitrogens with zero attached hydrogens (tertiary/aromatic N) is 5. The lowest BCUT2D eigenvalue weighted by molar-refractivity contribution is 0.621. The van der Waals surface area contributed by atoms with Crippen molar-refractivity contribution in [3.63, 3.8) is 0 Å². The third-order valence-corrected chi connectivity index (χ3v) is 12.5. The lowest BCUT2D eigenvalue weighted by Crippen LogP contribution is -2.13. The largest absolute Gasteiger partial charge is 0.435 e. The van der Waals surface area contributed by atoms with Crippen molar-refractivity contribution in [3.8, 4) is 39.4 Å². The van der Waals surface area contributed by atoms with Gasteiger partial charge in [-0.3, -0.25) is 4.57 Å². The number of oxazole rings is 1. The lowest BCUT2D eigenvalue weighted by atomic mass is 9.97. The van der Waals surface area contributed by atoms with Gasteiger partial charge in [-0.1, -0.05) is 176 Å². The van der Waals surface area contributed by atoms with Crippen LogP contribution in [0.3, 0.4) is 0 Å². The molecular weight excluding hydrogens is 807 g/mol. The van der Waals surface area contributed by atoms with Crippen molar-refractivity contribution in [2.75, 3.05) is 0 Å². The Kier molecular flexibility index (Phi) is 9.42. The molecule has 0 N–H and O–H groups in total. The minimum absolute atomic E-state index is 0.519. The Balaban J connectivity index is 1.19. The van der Waals surface area contributed by atoms with E-state index in [1.54, 1.807) is 0 Å². The highest BCUT2D eigenvalue weighted by molar-refractivity contribution is 6.26. The van der Waals surface area contributed by atoms with E-state index in [1.165, 1.54) is 0 Å². The van der Waals surface area contributed by atoms with Gasteiger partial charge in [0.05, 0.1) is 27.8 Å². The smallest absolute Gasteiger partial charge is 0.235 e. The molecule has 0 unspecified atom stereocenters. The highest BCUT2D eigenvalue weighted by Gasteiger charge is 2.24. The van der Waals surface area contributed by atoms with Gasteiger partial charge in [-0.25, -0.2) is 15.0 Å². The Labute approximate surface area is 381 Å². The summed E-state index contributed by atoms with van der Waals surface area (Å²) in [4.78, 5) is 15.7. The van der Waals surface area contributed by atoms with Crippen LogP contribution in [0, 0.1) is 0 Å². The number of para-hydroxylation sites is 3. The van der Waals surface area contributed by atoms with E-state index in [4.69, 9.17) is 19.4 Å². The molecule has 0 aliphatic carbocycles. The number of hydrogen-bond donors (Lipinski definition) is 0. The summed E-state index contributed by atoms with van der Waals surface area (Å²) in [5, 5.41) is 4.44. The molecule has 9 aromatic carbocycles. The molecule has 0 bridgehead atoms. The summed E-state index contributed by atoms with van der Waals surface area (Å²) in [7, 11) is 0. The van der Waals surface area contributed by atoms with Crippen molar-refractivity contribution < 1.29 is 4.42 Å². The summed E-state index contributed by atoms with van der Waals surface area (Å²) in [6.45, 7) is 6.55. The van der Waals surface area contributed by atoms with E-state index in [2.05, 4.69) is 149 Å². The van der Waals surface area contributed by atoms with E-state index in [0.717, 1.165) is 105 Å². The second kappa shape index (κ2) is 16.0. The molecule has 0 spiro atoms. The lowest BCUT2D eigenvalue weighted by Gasteiger charge is -2.16. The Morgan fingerprint density at radius 1 is 0.485 bits per heavy atom. The third kappa shape index (κ3) is 6.63. The van der Waals surface area contributed by atoms with E-state index in [0.29, 0.717) is 17.5 Å².